The van der Waals surface area contributed by atoms with E-state index in [1.165, 1.54) is 0 Å². The molecule has 0 bridgehead atoms. The minimum Gasteiger partial charge on any atom is -0.481 e. The lowest BCUT2D eigenvalue weighted by Crippen LogP contribution is -2.16. The van der Waals surface area contributed by atoms with Gasteiger partial charge in [0.25, 0.3) is 0 Å². The fourth-order valence-electron chi connectivity index (χ4n) is 2.54. The van der Waals surface area contributed by atoms with Crippen molar-refractivity contribution in [3.8, 4) is 0 Å². The molecule has 0 spiro atoms. The number of carboxylic acid groups (broad SMARTS) is 1. The first kappa shape index (κ1) is 17.0. The smallest absolute Gasteiger partial charge is 0.339 e. The zero-order chi connectivity index (χ0) is 17.0. The van der Waals surface area contributed by atoms with Crippen molar-refractivity contribution in [3.05, 3.63) is 34.9 Å². The summed E-state index contributed by atoms with van der Waals surface area (Å²) in [5.74, 6) is -1.88. The summed E-state index contributed by atoms with van der Waals surface area (Å²) >= 11 is 0. The van der Waals surface area contributed by atoms with Crippen molar-refractivity contribution < 1.29 is 29.0 Å². The van der Waals surface area contributed by atoms with E-state index in [4.69, 9.17) is 14.6 Å². The SMILES string of the molecule is Cc1ccc2c(c1)C(=O)OC2CCC(C)OC(=O)CCC(=O)O. The largest absolute Gasteiger partial charge is 0.481 e. The molecule has 0 aromatic heterocycles. The molecule has 0 saturated carbocycles. The Morgan fingerprint density at radius 3 is 2.78 bits per heavy atom. The van der Waals surface area contributed by atoms with E-state index in [1.54, 1.807) is 6.92 Å². The third-order valence-electron chi connectivity index (χ3n) is 3.74. The van der Waals surface area contributed by atoms with E-state index in [-0.39, 0.29) is 31.0 Å². The first-order valence-electron chi connectivity index (χ1n) is 7.59. The van der Waals surface area contributed by atoms with Gasteiger partial charge in [-0.2, -0.15) is 0 Å². The topological polar surface area (TPSA) is 89.9 Å². The van der Waals surface area contributed by atoms with Gasteiger partial charge in [-0.1, -0.05) is 17.7 Å². The minimum atomic E-state index is -1.03. The molecule has 1 aliphatic heterocycles. The summed E-state index contributed by atoms with van der Waals surface area (Å²) in [5.41, 5.74) is 2.47. The number of hydrogen-bond donors (Lipinski definition) is 1. The van der Waals surface area contributed by atoms with E-state index < -0.39 is 11.9 Å². The lowest BCUT2D eigenvalue weighted by atomic mass is 9.99. The number of ether oxygens (including phenoxy) is 2. The number of rotatable bonds is 7. The van der Waals surface area contributed by atoms with E-state index in [0.29, 0.717) is 18.4 Å². The zero-order valence-corrected chi connectivity index (χ0v) is 13.2. The molecule has 6 nitrogen and oxygen atoms in total. The summed E-state index contributed by atoms with van der Waals surface area (Å²) in [6.07, 6.45) is 0.0283. The van der Waals surface area contributed by atoms with Crippen LogP contribution in [0, 0.1) is 6.92 Å². The summed E-state index contributed by atoms with van der Waals surface area (Å²) in [7, 11) is 0. The highest BCUT2D eigenvalue weighted by Gasteiger charge is 2.31. The van der Waals surface area contributed by atoms with Gasteiger partial charge in [-0.05, 0) is 32.8 Å². The predicted molar refractivity (Wildman–Crippen MR) is 81.0 cm³/mol. The van der Waals surface area contributed by atoms with Crippen molar-refractivity contribution in [1.29, 1.82) is 0 Å². The van der Waals surface area contributed by atoms with Crippen LogP contribution in [0.15, 0.2) is 18.2 Å². The van der Waals surface area contributed by atoms with Crippen LogP contribution >= 0.6 is 0 Å². The first-order chi connectivity index (χ1) is 10.9. The van der Waals surface area contributed by atoms with Gasteiger partial charge >= 0.3 is 17.9 Å². The van der Waals surface area contributed by atoms with Crippen LogP contribution in [-0.4, -0.2) is 29.1 Å². The Balaban J connectivity index is 1.84. The molecule has 1 aliphatic rings. The number of aliphatic carboxylic acids is 1. The van der Waals surface area contributed by atoms with E-state index in [9.17, 15) is 14.4 Å². The number of esters is 2. The Hall–Kier alpha value is -2.37. The second-order valence-electron chi connectivity index (χ2n) is 5.76. The van der Waals surface area contributed by atoms with Gasteiger partial charge in [0.05, 0.1) is 24.5 Å². The maximum atomic E-state index is 11.8. The highest BCUT2D eigenvalue weighted by molar-refractivity contribution is 5.94. The molecule has 1 aromatic rings. The van der Waals surface area contributed by atoms with E-state index >= 15 is 0 Å². The molecule has 0 radical (unpaired) electrons. The predicted octanol–water partition coefficient (Wildman–Crippen LogP) is 2.78. The Labute approximate surface area is 134 Å². The maximum Gasteiger partial charge on any atom is 0.339 e. The highest BCUT2D eigenvalue weighted by Crippen LogP contribution is 2.34. The second-order valence-corrected chi connectivity index (χ2v) is 5.76. The average Bonchev–Trinajstić information content (AvgIpc) is 2.79. The number of hydrogen-bond acceptors (Lipinski definition) is 5. The molecule has 2 unspecified atom stereocenters. The number of aryl methyl sites for hydroxylation is 1. The summed E-state index contributed by atoms with van der Waals surface area (Å²) in [5, 5.41) is 8.52. The number of carbonyl (C=O) groups excluding carboxylic acids is 2. The Morgan fingerprint density at radius 1 is 1.35 bits per heavy atom. The van der Waals surface area contributed by atoms with Crippen LogP contribution in [0.2, 0.25) is 0 Å². The van der Waals surface area contributed by atoms with Crippen molar-refractivity contribution >= 4 is 17.9 Å². The molecule has 0 fully saturated rings. The van der Waals surface area contributed by atoms with Gasteiger partial charge in [-0.25, -0.2) is 4.79 Å². The Morgan fingerprint density at radius 2 is 2.09 bits per heavy atom. The van der Waals surface area contributed by atoms with Crippen molar-refractivity contribution in [2.24, 2.45) is 0 Å². The molecule has 1 heterocycles. The molecule has 6 heteroatoms. The van der Waals surface area contributed by atoms with Gasteiger partial charge in [0.1, 0.15) is 6.10 Å². The molecular formula is C17H20O6. The van der Waals surface area contributed by atoms with Gasteiger partial charge in [0.2, 0.25) is 0 Å². The fourth-order valence-corrected chi connectivity index (χ4v) is 2.54. The summed E-state index contributed by atoms with van der Waals surface area (Å²) in [6.45, 7) is 3.66. The quantitative estimate of drug-likeness (QED) is 0.777. The first-order valence-corrected chi connectivity index (χ1v) is 7.59. The van der Waals surface area contributed by atoms with Crippen molar-refractivity contribution in [1.82, 2.24) is 0 Å². The van der Waals surface area contributed by atoms with Gasteiger partial charge in [-0.15, -0.1) is 0 Å². The van der Waals surface area contributed by atoms with Crippen molar-refractivity contribution in [2.45, 2.75) is 51.7 Å². The molecule has 1 aromatic carbocycles. The van der Waals surface area contributed by atoms with Crippen LogP contribution in [0.25, 0.3) is 0 Å². The second kappa shape index (κ2) is 7.26. The van der Waals surface area contributed by atoms with Gasteiger partial charge < -0.3 is 14.6 Å². The van der Waals surface area contributed by atoms with Gasteiger partial charge in [0.15, 0.2) is 0 Å². The van der Waals surface area contributed by atoms with Crippen LogP contribution in [0.3, 0.4) is 0 Å². The lowest BCUT2D eigenvalue weighted by molar-refractivity contribution is -0.151. The number of fused-ring (bicyclic) bond motifs is 1. The molecule has 2 rings (SSSR count). The van der Waals surface area contributed by atoms with Crippen LogP contribution in [0.4, 0.5) is 0 Å². The maximum absolute atomic E-state index is 11.8. The minimum absolute atomic E-state index is 0.139. The lowest BCUT2D eigenvalue weighted by Gasteiger charge is -2.16. The Bertz CT molecular complexity index is 622. The molecule has 0 amide bonds. The zero-order valence-electron chi connectivity index (χ0n) is 13.2. The average molecular weight is 320 g/mol. The normalized spacial score (nSPS) is 17.3. The number of benzene rings is 1. The number of carbonyl (C=O) groups is 3. The van der Waals surface area contributed by atoms with Gasteiger partial charge in [-0.3, -0.25) is 9.59 Å². The third kappa shape index (κ3) is 4.55. The summed E-state index contributed by atoms with van der Waals surface area (Å²) in [6, 6.07) is 5.64. The molecule has 1 N–H and O–H groups in total. The standard InChI is InChI=1S/C17H20O6/c1-10-3-5-12-13(9-10)17(21)23-14(12)6-4-11(2)22-16(20)8-7-15(18)19/h3,5,9,11,14H,4,6-8H2,1-2H3,(H,18,19). The van der Waals surface area contributed by atoms with E-state index in [2.05, 4.69) is 0 Å². The number of carboxylic acids is 1. The highest BCUT2D eigenvalue weighted by atomic mass is 16.6. The van der Waals surface area contributed by atoms with Crippen molar-refractivity contribution in [3.63, 3.8) is 0 Å². The molecule has 0 aliphatic carbocycles. The molecule has 124 valence electrons. The molecule has 2 atom stereocenters. The van der Waals surface area contributed by atoms with Crippen LogP contribution in [0.5, 0.6) is 0 Å². The van der Waals surface area contributed by atoms with E-state index in [0.717, 1.165) is 11.1 Å². The third-order valence-corrected chi connectivity index (χ3v) is 3.74. The monoisotopic (exact) mass is 320 g/mol. The van der Waals surface area contributed by atoms with E-state index in [1.807, 2.05) is 25.1 Å². The fraction of sp³-hybridized carbons (Fsp3) is 0.471. The van der Waals surface area contributed by atoms with Crippen LogP contribution < -0.4 is 0 Å². The molecule has 0 saturated heterocycles. The van der Waals surface area contributed by atoms with Crippen LogP contribution in [-0.2, 0) is 19.1 Å². The van der Waals surface area contributed by atoms with Crippen molar-refractivity contribution in [2.75, 3.05) is 0 Å². The van der Waals surface area contributed by atoms with Gasteiger partial charge in [0, 0.05) is 5.56 Å². The van der Waals surface area contributed by atoms with Crippen LogP contribution in [0.1, 0.15) is 60.2 Å². The summed E-state index contributed by atoms with van der Waals surface area (Å²) < 4.78 is 10.5. The molecular weight excluding hydrogens is 300 g/mol. The molecule has 23 heavy (non-hydrogen) atoms. The summed E-state index contributed by atoms with van der Waals surface area (Å²) in [4.78, 5) is 33.7. The Kier molecular flexibility index (Phi) is 5.36. The number of cyclic esters (lactones) is 1.